The van der Waals surface area contributed by atoms with Crippen molar-refractivity contribution in [2.24, 2.45) is 11.7 Å². The van der Waals surface area contributed by atoms with Gasteiger partial charge in [-0.1, -0.05) is 6.92 Å². The second-order valence-corrected chi connectivity index (χ2v) is 7.03. The Bertz CT molecular complexity index is 513. The summed E-state index contributed by atoms with van der Waals surface area (Å²) in [5.74, 6) is 0.872. The predicted octanol–water partition coefficient (Wildman–Crippen LogP) is 2.84. The molecule has 0 aliphatic carbocycles. The van der Waals surface area contributed by atoms with Crippen LogP contribution in [0, 0.1) is 5.92 Å². The number of nitrogens with zero attached hydrogens (tertiary/aromatic N) is 1. The molecule has 0 spiro atoms. The van der Waals surface area contributed by atoms with E-state index in [0.29, 0.717) is 16.3 Å². The zero-order valence-electron chi connectivity index (χ0n) is 13.0. The molecule has 118 valence electrons. The normalized spacial score (nSPS) is 19.6. The monoisotopic (exact) mass is 311 g/mol. The van der Waals surface area contributed by atoms with Gasteiger partial charge in [0.2, 0.25) is 0 Å². The maximum atomic E-state index is 11.6. The van der Waals surface area contributed by atoms with Crippen molar-refractivity contribution in [1.29, 1.82) is 0 Å². The van der Waals surface area contributed by atoms with Gasteiger partial charge in [-0.15, -0.1) is 11.3 Å². The molecule has 21 heavy (non-hydrogen) atoms. The Balaban J connectivity index is 2.36. The maximum Gasteiger partial charge on any atom is 0.261 e. The summed E-state index contributed by atoms with van der Waals surface area (Å²) in [6, 6.07) is 0. The van der Waals surface area contributed by atoms with E-state index in [1.807, 2.05) is 13.8 Å². The van der Waals surface area contributed by atoms with Crippen molar-refractivity contribution in [2.75, 3.05) is 23.7 Å². The van der Waals surface area contributed by atoms with E-state index >= 15 is 0 Å². The number of nitrogen functional groups attached to an aromatic ring is 1. The van der Waals surface area contributed by atoms with Gasteiger partial charge in [-0.05, 0) is 39.0 Å². The highest BCUT2D eigenvalue weighted by Gasteiger charge is 2.26. The molecule has 1 amide bonds. The van der Waals surface area contributed by atoms with Crippen molar-refractivity contribution in [1.82, 2.24) is 0 Å². The molecule has 1 atom stereocenters. The van der Waals surface area contributed by atoms with Gasteiger partial charge in [0, 0.05) is 13.1 Å². The Labute approximate surface area is 130 Å². The molecule has 4 N–H and O–H groups in total. The molecule has 2 heterocycles. The molecule has 2 rings (SSSR count). The first-order valence-electron chi connectivity index (χ1n) is 7.53. The van der Waals surface area contributed by atoms with Crippen LogP contribution in [0.4, 0.5) is 10.7 Å². The number of carbonyl (C=O) groups is 1. The topological polar surface area (TPSA) is 81.6 Å². The molecule has 1 aliphatic rings. The van der Waals surface area contributed by atoms with Crippen molar-refractivity contribution in [3.05, 3.63) is 4.88 Å². The number of hydrogen-bond donors (Lipinski definition) is 2. The fourth-order valence-electron chi connectivity index (χ4n) is 2.62. The highest BCUT2D eigenvalue weighted by molar-refractivity contribution is 7.19. The summed E-state index contributed by atoms with van der Waals surface area (Å²) in [7, 11) is 0. The number of carbonyl (C=O) groups excluding carboxylic acids is 1. The molecule has 1 unspecified atom stereocenters. The molecule has 0 saturated carbocycles. The van der Waals surface area contributed by atoms with Gasteiger partial charge >= 0.3 is 0 Å². The summed E-state index contributed by atoms with van der Waals surface area (Å²) in [4.78, 5) is 14.2. The van der Waals surface area contributed by atoms with Gasteiger partial charge in [-0.25, -0.2) is 0 Å². The van der Waals surface area contributed by atoms with Crippen molar-refractivity contribution >= 4 is 27.9 Å². The number of amides is 1. The van der Waals surface area contributed by atoms with Gasteiger partial charge in [0.05, 0.1) is 6.10 Å². The van der Waals surface area contributed by atoms with Gasteiger partial charge in [0.15, 0.2) is 5.75 Å². The lowest BCUT2D eigenvalue weighted by atomic mass is 10.0. The molecule has 1 aromatic heterocycles. The third-order valence-corrected chi connectivity index (χ3v) is 5.03. The molecule has 1 fully saturated rings. The molecule has 1 saturated heterocycles. The van der Waals surface area contributed by atoms with Crippen molar-refractivity contribution in [3.8, 4) is 5.75 Å². The molecule has 0 aromatic carbocycles. The first-order chi connectivity index (χ1) is 9.90. The first-order valence-corrected chi connectivity index (χ1v) is 8.35. The minimum Gasteiger partial charge on any atom is -0.486 e. The lowest BCUT2D eigenvalue weighted by molar-refractivity contribution is 0.100. The Kier molecular flexibility index (Phi) is 4.98. The number of thiophene rings is 1. The van der Waals surface area contributed by atoms with E-state index in [-0.39, 0.29) is 6.10 Å². The third-order valence-electron chi connectivity index (χ3n) is 3.76. The van der Waals surface area contributed by atoms with Crippen LogP contribution in [0.2, 0.25) is 0 Å². The number of hydrogen-bond acceptors (Lipinski definition) is 5. The minimum absolute atomic E-state index is 0.00674. The Morgan fingerprint density at radius 1 is 1.38 bits per heavy atom. The summed E-state index contributed by atoms with van der Waals surface area (Å²) in [6.45, 7) is 8.13. The maximum absolute atomic E-state index is 11.6. The van der Waals surface area contributed by atoms with Crippen molar-refractivity contribution < 1.29 is 9.53 Å². The van der Waals surface area contributed by atoms with Crippen LogP contribution >= 0.6 is 11.3 Å². The average molecular weight is 311 g/mol. The van der Waals surface area contributed by atoms with E-state index in [0.717, 1.165) is 36.9 Å². The minimum atomic E-state index is -0.486. The second-order valence-electron chi connectivity index (χ2n) is 6.03. The van der Waals surface area contributed by atoms with Crippen LogP contribution in [0.1, 0.15) is 49.7 Å². The summed E-state index contributed by atoms with van der Waals surface area (Å²) >= 11 is 1.35. The van der Waals surface area contributed by atoms with Crippen LogP contribution in [0.15, 0.2) is 0 Å². The summed E-state index contributed by atoms with van der Waals surface area (Å²) in [5, 5.41) is 0.948. The van der Waals surface area contributed by atoms with Crippen LogP contribution in [0.3, 0.4) is 0 Å². The molecule has 5 nitrogen and oxygen atoms in total. The summed E-state index contributed by atoms with van der Waals surface area (Å²) in [5.41, 5.74) is 11.9. The lowest BCUT2D eigenvalue weighted by Crippen LogP contribution is -2.24. The SMILES string of the molecule is CC1CCCN(c2sc(C(N)=O)c(N)c2OC(C)C)CC1. The van der Waals surface area contributed by atoms with Crippen molar-refractivity contribution in [3.63, 3.8) is 0 Å². The van der Waals surface area contributed by atoms with Crippen LogP contribution in [-0.4, -0.2) is 25.1 Å². The number of nitrogens with two attached hydrogens (primary N) is 2. The zero-order chi connectivity index (χ0) is 15.6. The number of ether oxygens (including phenoxy) is 1. The Hall–Kier alpha value is -1.43. The first kappa shape index (κ1) is 15.9. The van der Waals surface area contributed by atoms with E-state index < -0.39 is 5.91 Å². The highest BCUT2D eigenvalue weighted by Crippen LogP contribution is 2.46. The fraction of sp³-hybridized carbons (Fsp3) is 0.667. The molecule has 1 aromatic rings. The molecule has 0 bridgehead atoms. The van der Waals surface area contributed by atoms with E-state index in [9.17, 15) is 4.79 Å². The van der Waals surface area contributed by atoms with E-state index in [1.54, 1.807) is 0 Å². The van der Waals surface area contributed by atoms with E-state index in [2.05, 4.69) is 11.8 Å². The smallest absolute Gasteiger partial charge is 0.261 e. The number of primary amides is 1. The third kappa shape index (κ3) is 3.61. The van der Waals surface area contributed by atoms with Gasteiger partial charge in [-0.2, -0.15) is 0 Å². The molecule has 1 aliphatic heterocycles. The molecule has 0 radical (unpaired) electrons. The predicted molar refractivity (Wildman–Crippen MR) is 88.2 cm³/mol. The fourth-order valence-corrected chi connectivity index (χ4v) is 3.68. The average Bonchev–Trinajstić information content (AvgIpc) is 2.58. The summed E-state index contributed by atoms with van der Waals surface area (Å²) < 4.78 is 5.86. The zero-order valence-corrected chi connectivity index (χ0v) is 13.8. The number of rotatable bonds is 4. The lowest BCUT2D eigenvalue weighted by Gasteiger charge is -2.23. The van der Waals surface area contributed by atoms with Gasteiger partial charge in [-0.3, -0.25) is 4.79 Å². The molecular formula is C15H25N3O2S. The van der Waals surface area contributed by atoms with Crippen LogP contribution in [-0.2, 0) is 0 Å². The largest absolute Gasteiger partial charge is 0.486 e. The van der Waals surface area contributed by atoms with Gasteiger partial charge in [0.1, 0.15) is 15.6 Å². The number of anilines is 2. The summed E-state index contributed by atoms with van der Waals surface area (Å²) in [6.07, 6.45) is 3.53. The van der Waals surface area contributed by atoms with Crippen LogP contribution in [0.25, 0.3) is 0 Å². The standard InChI is InChI=1S/C15H25N3O2S/c1-9(2)20-12-11(16)13(14(17)19)21-15(12)18-7-4-5-10(3)6-8-18/h9-10H,4-8,16H2,1-3H3,(H2,17,19). The van der Waals surface area contributed by atoms with Gasteiger partial charge < -0.3 is 21.1 Å². The molecule has 6 heteroatoms. The van der Waals surface area contributed by atoms with Crippen LogP contribution < -0.4 is 21.1 Å². The van der Waals surface area contributed by atoms with E-state index in [1.165, 1.54) is 17.8 Å². The second kappa shape index (κ2) is 6.56. The Morgan fingerprint density at radius 3 is 2.71 bits per heavy atom. The highest BCUT2D eigenvalue weighted by atomic mass is 32.1. The van der Waals surface area contributed by atoms with Crippen LogP contribution in [0.5, 0.6) is 5.75 Å². The molecular weight excluding hydrogens is 286 g/mol. The quantitative estimate of drug-likeness (QED) is 0.896. The van der Waals surface area contributed by atoms with E-state index in [4.69, 9.17) is 16.2 Å². The Morgan fingerprint density at radius 2 is 2.10 bits per heavy atom. The van der Waals surface area contributed by atoms with Gasteiger partial charge in [0.25, 0.3) is 5.91 Å². The van der Waals surface area contributed by atoms with Crippen molar-refractivity contribution in [2.45, 2.75) is 46.1 Å².